The van der Waals surface area contributed by atoms with Crippen LogP contribution in [0.5, 0.6) is 0 Å². The molecule has 2 aliphatic heterocycles. The van der Waals surface area contributed by atoms with Gasteiger partial charge in [-0.15, -0.1) is 0 Å². The molecule has 0 radical (unpaired) electrons. The molecule has 1 aromatic rings. The van der Waals surface area contributed by atoms with Crippen molar-refractivity contribution in [2.45, 2.75) is 38.8 Å². The van der Waals surface area contributed by atoms with Gasteiger partial charge in [0, 0.05) is 39.8 Å². The zero-order valence-corrected chi connectivity index (χ0v) is 15.5. The predicted molar refractivity (Wildman–Crippen MR) is 99.6 cm³/mol. The molecule has 0 saturated carbocycles. The van der Waals surface area contributed by atoms with Crippen LogP contribution < -0.4 is 5.32 Å². The second-order valence-electron chi connectivity index (χ2n) is 7.42. The van der Waals surface area contributed by atoms with E-state index < -0.39 is 0 Å². The van der Waals surface area contributed by atoms with Crippen LogP contribution in [-0.2, 0) is 11.3 Å². The Morgan fingerprint density at radius 2 is 1.96 bits per heavy atom. The van der Waals surface area contributed by atoms with Gasteiger partial charge in [-0.2, -0.15) is 0 Å². The summed E-state index contributed by atoms with van der Waals surface area (Å²) in [5.74, 6) is 0.560. The van der Waals surface area contributed by atoms with Gasteiger partial charge in [-0.3, -0.25) is 4.90 Å². The molecule has 0 unspecified atom stereocenters. The maximum atomic E-state index is 12.3. The Morgan fingerprint density at radius 3 is 2.68 bits per heavy atom. The number of rotatable bonds is 5. The summed E-state index contributed by atoms with van der Waals surface area (Å²) < 4.78 is 5.37. The molecule has 5 nitrogen and oxygen atoms in total. The molecule has 2 aliphatic rings. The number of amides is 2. The maximum absolute atomic E-state index is 12.3. The fourth-order valence-electron chi connectivity index (χ4n) is 3.89. The van der Waals surface area contributed by atoms with Crippen LogP contribution in [0, 0.1) is 12.8 Å². The van der Waals surface area contributed by atoms with E-state index >= 15 is 0 Å². The van der Waals surface area contributed by atoms with E-state index in [0.29, 0.717) is 12.0 Å². The number of aryl methyl sites for hydroxylation is 1. The van der Waals surface area contributed by atoms with Gasteiger partial charge in [0.1, 0.15) is 0 Å². The highest BCUT2D eigenvalue weighted by Crippen LogP contribution is 2.20. The number of hydrogen-bond donors (Lipinski definition) is 1. The Bertz CT molecular complexity index is 570. The molecule has 3 rings (SSSR count). The van der Waals surface area contributed by atoms with Crippen LogP contribution in [0.15, 0.2) is 24.3 Å². The van der Waals surface area contributed by atoms with Gasteiger partial charge in [0.25, 0.3) is 0 Å². The number of nitrogens with zero attached hydrogens (tertiary/aromatic N) is 2. The zero-order valence-electron chi connectivity index (χ0n) is 15.5. The lowest BCUT2D eigenvalue weighted by Crippen LogP contribution is -2.47. The van der Waals surface area contributed by atoms with E-state index in [1.54, 1.807) is 7.11 Å². The van der Waals surface area contributed by atoms with Gasteiger partial charge in [-0.05, 0) is 49.8 Å². The topological polar surface area (TPSA) is 44.8 Å². The van der Waals surface area contributed by atoms with Crippen molar-refractivity contribution in [3.05, 3.63) is 35.4 Å². The lowest BCUT2D eigenvalue weighted by atomic mass is 10.1. The minimum atomic E-state index is 0.0897. The molecule has 2 saturated heterocycles. The third-order valence-corrected chi connectivity index (χ3v) is 5.63. The molecule has 0 spiro atoms. The molecule has 2 fully saturated rings. The lowest BCUT2D eigenvalue weighted by Gasteiger charge is -2.31. The molecular weight excluding hydrogens is 314 g/mol. The fraction of sp³-hybridized carbons (Fsp3) is 0.650. The van der Waals surface area contributed by atoms with E-state index in [4.69, 9.17) is 4.74 Å². The molecule has 0 aliphatic carbocycles. The Hall–Kier alpha value is -1.59. The maximum Gasteiger partial charge on any atom is 0.317 e. The summed E-state index contributed by atoms with van der Waals surface area (Å²) >= 11 is 0. The van der Waals surface area contributed by atoms with E-state index in [1.807, 2.05) is 4.90 Å². The number of carbonyl (C=O) groups is 1. The van der Waals surface area contributed by atoms with Crippen molar-refractivity contribution in [1.29, 1.82) is 0 Å². The van der Waals surface area contributed by atoms with Crippen LogP contribution in [0.2, 0.25) is 0 Å². The highest BCUT2D eigenvalue weighted by molar-refractivity contribution is 5.74. The number of ether oxygens (including phenoxy) is 1. The molecule has 0 bridgehead atoms. The molecule has 25 heavy (non-hydrogen) atoms. The normalized spacial score (nSPS) is 22.3. The fourth-order valence-corrected chi connectivity index (χ4v) is 3.89. The number of benzene rings is 1. The quantitative estimate of drug-likeness (QED) is 0.892. The number of urea groups is 1. The van der Waals surface area contributed by atoms with Crippen molar-refractivity contribution in [2.24, 2.45) is 5.92 Å². The van der Waals surface area contributed by atoms with Gasteiger partial charge >= 0.3 is 6.03 Å². The van der Waals surface area contributed by atoms with E-state index in [2.05, 4.69) is 41.4 Å². The summed E-state index contributed by atoms with van der Waals surface area (Å²) in [6, 6.07) is 8.69. The molecule has 0 aromatic heterocycles. The summed E-state index contributed by atoms with van der Waals surface area (Å²) in [6.45, 7) is 7.77. The second-order valence-corrected chi connectivity index (χ2v) is 7.42. The molecular formula is C20H31N3O2. The Labute approximate surface area is 151 Å². The second kappa shape index (κ2) is 8.68. The molecule has 138 valence electrons. The van der Waals surface area contributed by atoms with E-state index in [1.165, 1.54) is 11.1 Å². The average molecular weight is 345 g/mol. The van der Waals surface area contributed by atoms with Crippen LogP contribution in [0.1, 0.15) is 30.4 Å². The molecule has 1 N–H and O–H groups in total. The number of hydrogen-bond acceptors (Lipinski definition) is 3. The van der Waals surface area contributed by atoms with Gasteiger partial charge < -0.3 is 15.0 Å². The first-order valence-corrected chi connectivity index (χ1v) is 9.48. The highest BCUT2D eigenvalue weighted by atomic mass is 16.5. The van der Waals surface area contributed by atoms with E-state index in [-0.39, 0.29) is 6.03 Å². The SMILES string of the molecule is COC1CCN(C(=O)NC[C@@H]2CCN(Cc3ccccc3C)C2)CC1. The number of carbonyl (C=O) groups excluding carboxylic acids is 1. The van der Waals surface area contributed by atoms with E-state index in [0.717, 1.165) is 58.5 Å². The summed E-state index contributed by atoms with van der Waals surface area (Å²) in [5, 5.41) is 3.14. The van der Waals surface area contributed by atoms with Crippen LogP contribution in [0.3, 0.4) is 0 Å². The number of methoxy groups -OCH3 is 1. The first kappa shape index (κ1) is 18.2. The first-order valence-electron chi connectivity index (χ1n) is 9.48. The van der Waals surface area contributed by atoms with Gasteiger partial charge in [-0.1, -0.05) is 24.3 Å². The molecule has 5 heteroatoms. The third-order valence-electron chi connectivity index (χ3n) is 5.63. The predicted octanol–water partition coefficient (Wildman–Crippen LogP) is 2.64. The molecule has 2 amide bonds. The zero-order chi connectivity index (χ0) is 17.6. The summed E-state index contributed by atoms with van der Waals surface area (Å²) in [6.07, 6.45) is 3.36. The standard InChI is InChI=1S/C20H31N3O2/c1-16-5-3-4-6-18(16)15-22-10-7-17(14-22)13-21-20(24)23-11-8-19(25-2)9-12-23/h3-6,17,19H,7-15H2,1-2H3,(H,21,24)/t17-/m0/s1. The largest absolute Gasteiger partial charge is 0.381 e. The molecule has 1 atom stereocenters. The first-order chi connectivity index (χ1) is 12.2. The Morgan fingerprint density at radius 1 is 1.20 bits per heavy atom. The summed E-state index contributed by atoms with van der Waals surface area (Å²) in [5.41, 5.74) is 2.77. The van der Waals surface area contributed by atoms with Gasteiger partial charge in [0.15, 0.2) is 0 Å². The van der Waals surface area contributed by atoms with Crippen LogP contribution >= 0.6 is 0 Å². The average Bonchev–Trinajstić information content (AvgIpc) is 3.09. The van der Waals surface area contributed by atoms with Crippen molar-refractivity contribution in [1.82, 2.24) is 15.1 Å². The summed E-state index contributed by atoms with van der Waals surface area (Å²) in [7, 11) is 1.75. The van der Waals surface area contributed by atoms with Crippen LogP contribution in [0.4, 0.5) is 4.79 Å². The number of piperidine rings is 1. The lowest BCUT2D eigenvalue weighted by molar-refractivity contribution is 0.0502. The highest BCUT2D eigenvalue weighted by Gasteiger charge is 2.26. The van der Waals surface area contributed by atoms with Crippen molar-refractivity contribution >= 4 is 6.03 Å². The number of likely N-dealkylation sites (tertiary alicyclic amines) is 2. The van der Waals surface area contributed by atoms with Gasteiger partial charge in [0.05, 0.1) is 6.10 Å². The van der Waals surface area contributed by atoms with Gasteiger partial charge in [-0.25, -0.2) is 4.79 Å². The van der Waals surface area contributed by atoms with Crippen molar-refractivity contribution in [2.75, 3.05) is 39.8 Å². The Balaban J connectivity index is 1.38. The molecule has 2 heterocycles. The smallest absolute Gasteiger partial charge is 0.317 e. The van der Waals surface area contributed by atoms with E-state index in [9.17, 15) is 4.79 Å². The minimum Gasteiger partial charge on any atom is -0.381 e. The van der Waals surface area contributed by atoms with Crippen molar-refractivity contribution in [3.8, 4) is 0 Å². The van der Waals surface area contributed by atoms with Crippen molar-refractivity contribution < 1.29 is 9.53 Å². The van der Waals surface area contributed by atoms with Crippen LogP contribution in [0.25, 0.3) is 0 Å². The van der Waals surface area contributed by atoms with Crippen molar-refractivity contribution in [3.63, 3.8) is 0 Å². The number of nitrogens with one attached hydrogen (secondary N) is 1. The monoisotopic (exact) mass is 345 g/mol. The summed E-state index contributed by atoms with van der Waals surface area (Å²) in [4.78, 5) is 16.8. The Kier molecular flexibility index (Phi) is 6.32. The minimum absolute atomic E-state index is 0.0897. The van der Waals surface area contributed by atoms with Crippen LogP contribution in [-0.4, -0.2) is 61.8 Å². The van der Waals surface area contributed by atoms with Gasteiger partial charge in [0.2, 0.25) is 0 Å². The molecule has 1 aromatic carbocycles. The third kappa shape index (κ3) is 4.95.